The zero-order valence-electron chi connectivity index (χ0n) is 10.4. The van der Waals surface area contributed by atoms with E-state index in [4.69, 9.17) is 10.4 Å². The minimum Gasteiger partial charge on any atom is -0.302 e. The summed E-state index contributed by atoms with van der Waals surface area (Å²) in [4.78, 5) is 22.6. The summed E-state index contributed by atoms with van der Waals surface area (Å²) in [6.07, 6.45) is 0. The molecule has 8 heteroatoms. The predicted octanol–water partition coefficient (Wildman–Crippen LogP) is 0.481. The molecule has 0 amide bonds. The Bertz CT molecular complexity index is 538. The second kappa shape index (κ2) is 6.32. The SMILES string of the molecule is CC(=O)C(=NN(N)c1ccc(S(=O)O)cc1)C(C)=O. The van der Waals surface area contributed by atoms with E-state index in [-0.39, 0.29) is 10.6 Å². The minimum atomic E-state index is -2.08. The molecule has 0 heterocycles. The molecule has 0 spiro atoms. The van der Waals surface area contributed by atoms with Gasteiger partial charge in [-0.05, 0) is 24.3 Å². The Kier molecular flexibility index (Phi) is 5.04. The fourth-order valence-corrected chi connectivity index (χ4v) is 1.64. The highest BCUT2D eigenvalue weighted by atomic mass is 32.2. The van der Waals surface area contributed by atoms with Crippen molar-refractivity contribution >= 4 is 34.0 Å². The fourth-order valence-electron chi connectivity index (χ4n) is 1.27. The van der Waals surface area contributed by atoms with Crippen molar-refractivity contribution in [2.45, 2.75) is 18.7 Å². The van der Waals surface area contributed by atoms with E-state index in [2.05, 4.69) is 5.10 Å². The van der Waals surface area contributed by atoms with Crippen molar-refractivity contribution in [2.75, 3.05) is 5.12 Å². The van der Waals surface area contributed by atoms with Crippen molar-refractivity contribution in [3.63, 3.8) is 0 Å². The fraction of sp³-hybridized carbons (Fsp3) is 0.182. The first-order valence-corrected chi connectivity index (χ1v) is 6.30. The van der Waals surface area contributed by atoms with Gasteiger partial charge in [0.2, 0.25) is 0 Å². The molecule has 0 aromatic heterocycles. The maximum absolute atomic E-state index is 11.2. The van der Waals surface area contributed by atoms with Crippen molar-refractivity contribution in [1.82, 2.24) is 0 Å². The molecule has 0 saturated carbocycles. The van der Waals surface area contributed by atoms with E-state index in [0.717, 1.165) is 5.12 Å². The van der Waals surface area contributed by atoms with Gasteiger partial charge in [-0.25, -0.2) is 10.1 Å². The number of hydrazine groups is 1. The van der Waals surface area contributed by atoms with Crippen LogP contribution in [0, 0.1) is 0 Å². The van der Waals surface area contributed by atoms with E-state index in [0.29, 0.717) is 5.69 Å². The van der Waals surface area contributed by atoms with Gasteiger partial charge in [0.15, 0.2) is 28.4 Å². The molecule has 1 aromatic carbocycles. The molecule has 1 aromatic rings. The molecular formula is C11H13N3O4S. The molecule has 0 aliphatic carbocycles. The second-order valence-electron chi connectivity index (χ2n) is 3.65. The molecule has 3 N–H and O–H groups in total. The lowest BCUT2D eigenvalue weighted by molar-refractivity contribution is -0.114. The Morgan fingerprint density at radius 2 is 1.68 bits per heavy atom. The monoisotopic (exact) mass is 283 g/mol. The van der Waals surface area contributed by atoms with Crippen molar-refractivity contribution in [2.24, 2.45) is 10.9 Å². The zero-order valence-corrected chi connectivity index (χ0v) is 11.2. The average Bonchev–Trinajstić information content (AvgIpc) is 2.34. The van der Waals surface area contributed by atoms with Crippen LogP contribution in [0.5, 0.6) is 0 Å². The maximum atomic E-state index is 11.2. The first-order valence-electron chi connectivity index (χ1n) is 5.19. The third-order valence-corrected chi connectivity index (χ3v) is 2.85. The van der Waals surface area contributed by atoms with Crippen LogP contribution in [0.25, 0.3) is 0 Å². The molecule has 0 bridgehead atoms. The quantitative estimate of drug-likeness (QED) is 0.267. The Balaban J connectivity index is 3.03. The van der Waals surface area contributed by atoms with Crippen LogP contribution in [0.1, 0.15) is 13.8 Å². The molecule has 0 radical (unpaired) electrons. The number of hydrogen-bond acceptors (Lipinski definition) is 6. The number of carbonyl (C=O) groups is 2. The number of nitrogens with zero attached hydrogens (tertiary/aromatic N) is 2. The van der Waals surface area contributed by atoms with Crippen molar-refractivity contribution < 1.29 is 18.4 Å². The van der Waals surface area contributed by atoms with Crippen LogP contribution < -0.4 is 11.0 Å². The second-order valence-corrected chi connectivity index (χ2v) is 4.62. The summed E-state index contributed by atoms with van der Waals surface area (Å²) in [6.45, 7) is 2.43. The first kappa shape index (κ1) is 15.2. The number of nitrogens with two attached hydrogens (primary N) is 1. The summed E-state index contributed by atoms with van der Waals surface area (Å²) >= 11 is -2.08. The molecular weight excluding hydrogens is 270 g/mol. The minimum absolute atomic E-state index is 0.208. The van der Waals surface area contributed by atoms with Crippen molar-refractivity contribution in [1.29, 1.82) is 0 Å². The lowest BCUT2D eigenvalue weighted by Crippen LogP contribution is -2.30. The number of benzene rings is 1. The van der Waals surface area contributed by atoms with Crippen LogP contribution in [0.2, 0.25) is 0 Å². The van der Waals surface area contributed by atoms with Crippen LogP contribution in [0.4, 0.5) is 5.69 Å². The van der Waals surface area contributed by atoms with Gasteiger partial charge < -0.3 is 4.55 Å². The lowest BCUT2D eigenvalue weighted by Gasteiger charge is -2.13. The number of ketones is 2. The Labute approximate surface area is 112 Å². The van der Waals surface area contributed by atoms with Crippen LogP contribution in [0.3, 0.4) is 0 Å². The van der Waals surface area contributed by atoms with E-state index in [1.54, 1.807) is 0 Å². The molecule has 1 unspecified atom stereocenters. The average molecular weight is 283 g/mol. The maximum Gasteiger partial charge on any atom is 0.186 e. The highest BCUT2D eigenvalue weighted by molar-refractivity contribution is 7.79. The molecule has 19 heavy (non-hydrogen) atoms. The summed E-state index contributed by atoms with van der Waals surface area (Å²) in [5, 5.41) is 4.57. The van der Waals surface area contributed by atoms with Gasteiger partial charge in [-0.1, -0.05) is 0 Å². The first-order chi connectivity index (χ1) is 8.82. The predicted molar refractivity (Wildman–Crippen MR) is 70.9 cm³/mol. The standard InChI is InChI=1S/C11H13N3O4S/c1-7(15)11(8(2)16)13-14(12)9-3-5-10(6-4-9)19(17)18/h3-6H,12H2,1-2H3,(H,17,18). The number of hydrogen-bond donors (Lipinski definition) is 2. The van der Waals surface area contributed by atoms with E-state index < -0.39 is 22.6 Å². The summed E-state index contributed by atoms with van der Waals surface area (Å²) < 4.78 is 19.6. The van der Waals surface area contributed by atoms with E-state index in [9.17, 15) is 13.8 Å². The van der Waals surface area contributed by atoms with E-state index >= 15 is 0 Å². The third kappa shape index (κ3) is 4.05. The Morgan fingerprint density at radius 3 is 2.05 bits per heavy atom. The molecule has 1 rings (SSSR count). The van der Waals surface area contributed by atoms with E-state index in [1.807, 2.05) is 0 Å². The van der Waals surface area contributed by atoms with Crippen molar-refractivity contribution in [3.8, 4) is 0 Å². The van der Waals surface area contributed by atoms with Crippen LogP contribution in [-0.2, 0) is 20.7 Å². The van der Waals surface area contributed by atoms with Gasteiger partial charge in [0.05, 0.1) is 10.6 Å². The molecule has 0 fully saturated rings. The number of anilines is 1. The van der Waals surface area contributed by atoms with Gasteiger partial charge in [0, 0.05) is 13.8 Å². The van der Waals surface area contributed by atoms with Gasteiger partial charge in [-0.2, -0.15) is 5.12 Å². The molecule has 7 nitrogen and oxygen atoms in total. The van der Waals surface area contributed by atoms with Crippen LogP contribution >= 0.6 is 0 Å². The van der Waals surface area contributed by atoms with Crippen molar-refractivity contribution in [3.05, 3.63) is 24.3 Å². The number of Topliss-reactive ketones (excluding diaryl/α,β-unsaturated/α-hetero) is 2. The van der Waals surface area contributed by atoms with Gasteiger partial charge >= 0.3 is 0 Å². The largest absolute Gasteiger partial charge is 0.302 e. The third-order valence-electron chi connectivity index (χ3n) is 2.18. The van der Waals surface area contributed by atoms with Gasteiger partial charge in [-0.3, -0.25) is 9.59 Å². The highest BCUT2D eigenvalue weighted by Crippen LogP contribution is 2.14. The Hall–Kier alpha value is -1.90. The van der Waals surface area contributed by atoms with Crippen LogP contribution in [-0.4, -0.2) is 26.0 Å². The van der Waals surface area contributed by atoms with Gasteiger partial charge in [-0.15, -0.1) is 5.10 Å². The smallest absolute Gasteiger partial charge is 0.186 e. The highest BCUT2D eigenvalue weighted by Gasteiger charge is 2.13. The Morgan fingerprint density at radius 1 is 1.21 bits per heavy atom. The summed E-state index contributed by atoms with van der Waals surface area (Å²) in [5.41, 5.74) is 0.103. The molecule has 0 saturated heterocycles. The molecule has 102 valence electrons. The lowest BCUT2D eigenvalue weighted by atomic mass is 10.2. The molecule has 0 aliphatic rings. The number of rotatable bonds is 5. The van der Waals surface area contributed by atoms with Crippen LogP contribution in [0.15, 0.2) is 34.3 Å². The van der Waals surface area contributed by atoms with Gasteiger partial charge in [0.25, 0.3) is 0 Å². The summed E-state index contributed by atoms with van der Waals surface area (Å²) in [7, 11) is 0. The normalized spacial score (nSPS) is 11.6. The number of carbonyl (C=O) groups excluding carboxylic acids is 2. The number of hydrazone groups is 1. The summed E-state index contributed by atoms with van der Waals surface area (Å²) in [6, 6.07) is 5.68. The van der Waals surface area contributed by atoms with Gasteiger partial charge in [0.1, 0.15) is 0 Å². The topological polar surface area (TPSA) is 113 Å². The zero-order chi connectivity index (χ0) is 14.6. The molecule has 0 aliphatic heterocycles. The van der Waals surface area contributed by atoms with E-state index in [1.165, 1.54) is 38.1 Å². The molecule has 1 atom stereocenters. The summed E-state index contributed by atoms with van der Waals surface area (Å²) in [5.74, 6) is 4.62.